The molecule has 0 amide bonds. The highest BCUT2D eigenvalue weighted by molar-refractivity contribution is 5.45. The topological polar surface area (TPSA) is 113 Å². The quantitative estimate of drug-likeness (QED) is 0.607. The first-order chi connectivity index (χ1) is 11.1. The Morgan fingerprint density at radius 1 is 1.25 bits per heavy atom. The van der Waals surface area contributed by atoms with Crippen molar-refractivity contribution in [2.24, 2.45) is 7.05 Å². The van der Waals surface area contributed by atoms with E-state index in [1.165, 1.54) is 7.05 Å². The number of non-ortho nitro benzene ring substituents is 1. The number of ether oxygens (including phenoxy) is 1. The van der Waals surface area contributed by atoms with Gasteiger partial charge in [-0.1, -0.05) is 0 Å². The Morgan fingerprint density at radius 3 is 2.42 bits per heavy atom. The van der Waals surface area contributed by atoms with Crippen molar-refractivity contribution < 1.29 is 27.8 Å². The normalized spacial score (nSPS) is 11.3. The monoisotopic (exact) mass is 346 g/mol. The molecule has 9 nitrogen and oxygen atoms in total. The number of nitrogens with zero attached hydrogens (tertiary/aromatic N) is 4. The first kappa shape index (κ1) is 17.2. The second-order valence-corrected chi connectivity index (χ2v) is 4.57. The minimum Gasteiger partial charge on any atom is -0.483 e. The summed E-state index contributed by atoms with van der Waals surface area (Å²) in [7, 11) is 1.31. The number of hydrogen-bond donors (Lipinski definition) is 0. The minimum absolute atomic E-state index is 0.0215. The lowest BCUT2D eigenvalue weighted by Crippen LogP contribution is -2.11. The maximum absolute atomic E-state index is 13.0. The Morgan fingerprint density at radius 2 is 1.92 bits per heavy atom. The van der Waals surface area contributed by atoms with E-state index in [2.05, 4.69) is 4.98 Å². The van der Waals surface area contributed by atoms with Gasteiger partial charge in [-0.15, -0.1) is 0 Å². The number of rotatable bonds is 5. The number of nitro groups is 2. The summed E-state index contributed by atoms with van der Waals surface area (Å²) >= 11 is 0. The van der Waals surface area contributed by atoms with E-state index in [9.17, 15) is 33.4 Å². The van der Waals surface area contributed by atoms with Gasteiger partial charge in [0.15, 0.2) is 6.61 Å². The van der Waals surface area contributed by atoms with Crippen molar-refractivity contribution in [3.8, 4) is 5.75 Å². The predicted molar refractivity (Wildman–Crippen MR) is 72.3 cm³/mol. The molecule has 128 valence electrons. The zero-order valence-corrected chi connectivity index (χ0v) is 12.0. The van der Waals surface area contributed by atoms with Crippen LogP contribution in [0, 0.1) is 20.2 Å². The van der Waals surface area contributed by atoms with E-state index in [4.69, 9.17) is 4.74 Å². The van der Waals surface area contributed by atoms with Crippen LogP contribution in [0.3, 0.4) is 0 Å². The van der Waals surface area contributed by atoms with Gasteiger partial charge < -0.3 is 14.9 Å². The number of imidazole rings is 1. The summed E-state index contributed by atoms with van der Waals surface area (Å²) in [5.41, 5.74) is -2.05. The first-order valence-corrected chi connectivity index (χ1v) is 6.24. The second kappa shape index (κ2) is 6.14. The lowest BCUT2D eigenvalue weighted by Gasteiger charge is -2.12. The van der Waals surface area contributed by atoms with Crippen molar-refractivity contribution in [3.63, 3.8) is 0 Å². The fourth-order valence-electron chi connectivity index (χ4n) is 1.86. The van der Waals surface area contributed by atoms with Crippen LogP contribution in [-0.2, 0) is 19.8 Å². The van der Waals surface area contributed by atoms with Gasteiger partial charge in [0.1, 0.15) is 17.5 Å². The van der Waals surface area contributed by atoms with Crippen LogP contribution in [-0.4, -0.2) is 19.4 Å². The van der Waals surface area contributed by atoms with E-state index >= 15 is 0 Å². The van der Waals surface area contributed by atoms with E-state index in [-0.39, 0.29) is 11.6 Å². The molecule has 0 atom stereocenters. The Kier molecular flexibility index (Phi) is 4.39. The molecule has 12 heteroatoms. The van der Waals surface area contributed by atoms with Gasteiger partial charge in [-0.2, -0.15) is 13.2 Å². The number of nitro benzene ring substituents is 1. The zero-order chi connectivity index (χ0) is 18.1. The third kappa shape index (κ3) is 3.42. The van der Waals surface area contributed by atoms with Gasteiger partial charge in [-0.05, 0) is 11.0 Å². The van der Waals surface area contributed by atoms with Crippen molar-refractivity contribution in [1.82, 2.24) is 9.55 Å². The maximum Gasteiger partial charge on any atom is 0.420 e. The highest BCUT2D eigenvalue weighted by Gasteiger charge is 2.36. The van der Waals surface area contributed by atoms with Crippen LogP contribution in [0.5, 0.6) is 5.75 Å². The van der Waals surface area contributed by atoms with Crippen molar-refractivity contribution in [2.45, 2.75) is 12.8 Å². The van der Waals surface area contributed by atoms with Gasteiger partial charge in [0.25, 0.3) is 5.69 Å². The average Bonchev–Trinajstić information content (AvgIpc) is 2.85. The molecule has 2 aromatic rings. The molecular formula is C12H9F3N4O5. The van der Waals surface area contributed by atoms with E-state index in [1.54, 1.807) is 0 Å². The van der Waals surface area contributed by atoms with Crippen LogP contribution < -0.4 is 4.74 Å². The molecule has 0 saturated heterocycles. The second-order valence-electron chi connectivity index (χ2n) is 4.57. The Bertz CT molecular complexity index is 802. The average molecular weight is 346 g/mol. The molecule has 0 aliphatic rings. The van der Waals surface area contributed by atoms with Crippen molar-refractivity contribution in [2.75, 3.05) is 0 Å². The molecule has 0 N–H and O–H groups in total. The number of benzene rings is 1. The number of halogens is 3. The summed E-state index contributed by atoms with van der Waals surface area (Å²) in [5.74, 6) is -0.972. The van der Waals surface area contributed by atoms with Gasteiger partial charge >= 0.3 is 12.0 Å². The van der Waals surface area contributed by atoms with Crippen LogP contribution in [0.15, 0.2) is 24.4 Å². The summed E-state index contributed by atoms with van der Waals surface area (Å²) in [6, 6.07) is 2.04. The lowest BCUT2D eigenvalue weighted by molar-refractivity contribution is -0.391. The molecule has 0 radical (unpaired) electrons. The van der Waals surface area contributed by atoms with Gasteiger partial charge in [0, 0.05) is 12.1 Å². The first-order valence-electron chi connectivity index (χ1n) is 6.24. The smallest absolute Gasteiger partial charge is 0.420 e. The number of hydrogen-bond acceptors (Lipinski definition) is 6. The number of aromatic nitrogens is 2. The lowest BCUT2D eigenvalue weighted by atomic mass is 10.1. The van der Waals surface area contributed by atoms with Crippen LogP contribution in [0.1, 0.15) is 11.4 Å². The molecule has 1 aromatic heterocycles. The molecule has 24 heavy (non-hydrogen) atoms. The summed E-state index contributed by atoms with van der Waals surface area (Å²) in [6.45, 7) is -0.481. The Labute approximate surface area is 131 Å². The molecule has 0 spiro atoms. The van der Waals surface area contributed by atoms with Crippen LogP contribution in [0.2, 0.25) is 0 Å². The molecule has 0 aliphatic heterocycles. The molecular weight excluding hydrogens is 337 g/mol. The fraction of sp³-hybridized carbons (Fsp3) is 0.250. The van der Waals surface area contributed by atoms with Gasteiger partial charge in [-0.3, -0.25) is 10.1 Å². The fourth-order valence-corrected chi connectivity index (χ4v) is 1.86. The highest BCUT2D eigenvalue weighted by Crippen LogP contribution is 2.38. The Hall–Kier alpha value is -3.18. The van der Waals surface area contributed by atoms with E-state index in [0.717, 1.165) is 22.9 Å². The van der Waals surface area contributed by atoms with Crippen LogP contribution in [0.4, 0.5) is 24.7 Å². The Balaban J connectivity index is 2.30. The van der Waals surface area contributed by atoms with E-state index in [0.29, 0.717) is 6.07 Å². The highest BCUT2D eigenvalue weighted by atomic mass is 19.4. The molecule has 0 fully saturated rings. The molecule has 1 heterocycles. The maximum atomic E-state index is 13.0. The van der Waals surface area contributed by atoms with Crippen molar-refractivity contribution in [1.29, 1.82) is 0 Å². The molecule has 1 aromatic carbocycles. The third-order valence-electron chi connectivity index (χ3n) is 3.08. The molecule has 0 saturated carbocycles. The third-order valence-corrected chi connectivity index (χ3v) is 3.08. The standard InChI is InChI=1S/C12H9F3N4O5/c1-17-10(16-5-11(17)19(22)23)6-24-9-3-2-7(18(20)21)4-8(9)12(13,14)15/h2-5H,6H2,1H3. The van der Waals surface area contributed by atoms with Gasteiger partial charge in [-0.25, -0.2) is 9.55 Å². The van der Waals surface area contributed by atoms with E-state index < -0.39 is 39.6 Å². The summed E-state index contributed by atoms with van der Waals surface area (Å²) in [6.07, 6.45) is -3.92. The minimum atomic E-state index is -4.87. The van der Waals surface area contributed by atoms with Crippen molar-refractivity contribution >= 4 is 11.5 Å². The summed E-state index contributed by atoms with van der Waals surface area (Å²) in [5, 5.41) is 21.3. The molecule has 0 bridgehead atoms. The molecule has 0 aliphatic carbocycles. The number of alkyl halides is 3. The SMILES string of the molecule is Cn1c([N+](=O)[O-])cnc1COc1ccc([N+](=O)[O-])cc1C(F)(F)F. The molecule has 2 rings (SSSR count). The van der Waals surface area contributed by atoms with E-state index in [1.807, 2.05) is 0 Å². The predicted octanol–water partition coefficient (Wildman–Crippen LogP) is 2.83. The van der Waals surface area contributed by atoms with Crippen molar-refractivity contribution in [3.05, 3.63) is 56.0 Å². The zero-order valence-electron chi connectivity index (χ0n) is 12.0. The van der Waals surface area contributed by atoms with Crippen LogP contribution >= 0.6 is 0 Å². The summed E-state index contributed by atoms with van der Waals surface area (Å²) in [4.78, 5) is 23.3. The summed E-state index contributed by atoms with van der Waals surface area (Å²) < 4.78 is 45.0. The van der Waals surface area contributed by atoms with Gasteiger partial charge in [0.05, 0.1) is 12.0 Å². The molecule has 0 unspecified atom stereocenters. The van der Waals surface area contributed by atoms with Crippen LogP contribution in [0.25, 0.3) is 0 Å². The largest absolute Gasteiger partial charge is 0.483 e. The van der Waals surface area contributed by atoms with Gasteiger partial charge in [0.2, 0.25) is 5.82 Å².